The van der Waals surface area contributed by atoms with Gasteiger partial charge in [-0.25, -0.2) is 4.79 Å². The number of nitrogens with one attached hydrogen (secondary N) is 1. The monoisotopic (exact) mass is 334 g/mol. The predicted octanol–water partition coefficient (Wildman–Crippen LogP) is 2.37. The van der Waals surface area contributed by atoms with Crippen LogP contribution in [-0.4, -0.2) is 39.7 Å². The van der Waals surface area contributed by atoms with Gasteiger partial charge < -0.3 is 15.2 Å². The van der Waals surface area contributed by atoms with Gasteiger partial charge in [-0.05, 0) is 45.7 Å². The number of benzene rings is 1. The van der Waals surface area contributed by atoms with E-state index in [4.69, 9.17) is 4.74 Å². The third-order valence-corrected chi connectivity index (χ3v) is 4.32. The van der Waals surface area contributed by atoms with Crippen LogP contribution in [0.3, 0.4) is 0 Å². The first-order valence-corrected chi connectivity index (χ1v) is 8.16. The molecule has 0 bridgehead atoms. The van der Waals surface area contributed by atoms with E-state index in [2.05, 4.69) is 5.32 Å². The molecule has 1 heterocycles. The molecule has 24 heavy (non-hydrogen) atoms. The summed E-state index contributed by atoms with van der Waals surface area (Å²) in [5, 5.41) is 12.6. The smallest absolute Gasteiger partial charge is 0.324 e. The van der Waals surface area contributed by atoms with Gasteiger partial charge in [0, 0.05) is 5.56 Å². The number of carbonyl (C=O) groups excluding carboxylic acids is 2. The minimum absolute atomic E-state index is 0.0518. The highest BCUT2D eigenvalue weighted by Crippen LogP contribution is 2.28. The molecule has 1 atom stereocenters. The van der Waals surface area contributed by atoms with Gasteiger partial charge in [-0.3, -0.25) is 9.69 Å². The quantitative estimate of drug-likeness (QED) is 0.866. The van der Waals surface area contributed by atoms with Crippen molar-refractivity contribution >= 4 is 11.9 Å². The van der Waals surface area contributed by atoms with E-state index in [1.54, 1.807) is 0 Å². The van der Waals surface area contributed by atoms with Gasteiger partial charge in [-0.15, -0.1) is 0 Å². The Kier molecular flexibility index (Phi) is 4.90. The predicted molar refractivity (Wildman–Crippen MR) is 90.7 cm³/mol. The van der Waals surface area contributed by atoms with E-state index in [9.17, 15) is 14.7 Å². The lowest BCUT2D eigenvalue weighted by Crippen LogP contribution is -2.62. The summed E-state index contributed by atoms with van der Waals surface area (Å²) < 4.78 is 6.09. The first-order chi connectivity index (χ1) is 11.1. The Morgan fingerprint density at radius 3 is 2.67 bits per heavy atom. The van der Waals surface area contributed by atoms with Gasteiger partial charge in [0.05, 0.1) is 13.1 Å². The first kappa shape index (κ1) is 18.3. The topological polar surface area (TPSA) is 78.9 Å². The van der Waals surface area contributed by atoms with Crippen LogP contribution in [0.15, 0.2) is 18.2 Å². The minimum Gasteiger partial charge on any atom is -0.488 e. The molecule has 1 aromatic carbocycles. The van der Waals surface area contributed by atoms with Crippen LogP contribution in [0.25, 0.3) is 0 Å². The Balaban J connectivity index is 2.32. The number of hydrogen-bond donors (Lipinski definition) is 2. The number of rotatable bonds is 5. The molecule has 0 aromatic heterocycles. The molecule has 3 amide bonds. The van der Waals surface area contributed by atoms with Crippen LogP contribution in [0, 0.1) is 6.92 Å². The fraction of sp³-hybridized carbons (Fsp3) is 0.556. The molecule has 1 saturated heterocycles. The second-order valence-electron chi connectivity index (χ2n) is 7.15. The van der Waals surface area contributed by atoms with Crippen molar-refractivity contribution in [1.29, 1.82) is 0 Å². The zero-order valence-corrected chi connectivity index (χ0v) is 15.0. The van der Waals surface area contributed by atoms with Crippen molar-refractivity contribution in [3.63, 3.8) is 0 Å². The minimum atomic E-state index is -1.59. The summed E-state index contributed by atoms with van der Waals surface area (Å²) in [5.74, 6) is 0.0418. The molecule has 1 aliphatic rings. The lowest BCUT2D eigenvalue weighted by Gasteiger charge is -2.35. The standard InChI is InChI=1S/C18H26N2O4/c1-6-17(3,4)24-14-9-12(2)7-8-13(14)10-20-15(21)18(5,23)11-19-16(20)22/h7-9,23H,6,10-11H2,1-5H3,(H,19,22). The molecular formula is C18H26N2O4. The van der Waals surface area contributed by atoms with Crippen molar-refractivity contribution < 1.29 is 19.4 Å². The second kappa shape index (κ2) is 6.43. The number of aryl methyl sites for hydroxylation is 1. The van der Waals surface area contributed by atoms with Crippen molar-refractivity contribution in [3.05, 3.63) is 29.3 Å². The summed E-state index contributed by atoms with van der Waals surface area (Å²) in [6.07, 6.45) is 0.818. The Labute approximate surface area is 142 Å². The van der Waals surface area contributed by atoms with E-state index < -0.39 is 17.5 Å². The van der Waals surface area contributed by atoms with Crippen molar-refractivity contribution in [1.82, 2.24) is 10.2 Å². The maximum Gasteiger partial charge on any atom is 0.324 e. The number of amides is 3. The normalized spacial score (nSPS) is 21.7. The molecule has 1 fully saturated rings. The summed E-state index contributed by atoms with van der Waals surface area (Å²) in [4.78, 5) is 25.4. The van der Waals surface area contributed by atoms with Gasteiger partial charge >= 0.3 is 6.03 Å². The Morgan fingerprint density at radius 1 is 1.38 bits per heavy atom. The van der Waals surface area contributed by atoms with Crippen LogP contribution < -0.4 is 10.1 Å². The molecule has 2 rings (SSSR count). The van der Waals surface area contributed by atoms with E-state index in [0.717, 1.165) is 22.4 Å². The Morgan fingerprint density at radius 2 is 2.04 bits per heavy atom. The van der Waals surface area contributed by atoms with Crippen LogP contribution in [0.2, 0.25) is 0 Å². The van der Waals surface area contributed by atoms with Crippen LogP contribution in [0.1, 0.15) is 45.2 Å². The number of hydrogen-bond acceptors (Lipinski definition) is 4. The summed E-state index contributed by atoms with van der Waals surface area (Å²) in [6.45, 7) is 9.34. The third kappa shape index (κ3) is 3.87. The van der Waals surface area contributed by atoms with Crippen molar-refractivity contribution in [2.24, 2.45) is 0 Å². The number of β-amino-alcohol motifs (C(OH)–C–C–N with tert-alkyl or cyclic N) is 1. The average molecular weight is 334 g/mol. The number of carbonyl (C=O) groups is 2. The molecule has 2 N–H and O–H groups in total. The summed E-state index contributed by atoms with van der Waals surface area (Å²) in [7, 11) is 0. The fourth-order valence-electron chi connectivity index (χ4n) is 2.37. The molecule has 0 aliphatic carbocycles. The first-order valence-electron chi connectivity index (χ1n) is 8.16. The van der Waals surface area contributed by atoms with Crippen molar-refractivity contribution in [2.75, 3.05) is 6.54 Å². The second-order valence-corrected chi connectivity index (χ2v) is 7.15. The highest BCUT2D eigenvalue weighted by Gasteiger charge is 2.42. The fourth-order valence-corrected chi connectivity index (χ4v) is 2.37. The largest absolute Gasteiger partial charge is 0.488 e. The zero-order valence-electron chi connectivity index (χ0n) is 15.0. The molecule has 6 nitrogen and oxygen atoms in total. The van der Waals surface area contributed by atoms with E-state index in [1.807, 2.05) is 45.9 Å². The summed E-state index contributed by atoms with van der Waals surface area (Å²) in [5.41, 5.74) is -0.199. The Hall–Kier alpha value is -2.08. The highest BCUT2D eigenvalue weighted by molar-refractivity contribution is 6.01. The van der Waals surface area contributed by atoms with Crippen LogP contribution >= 0.6 is 0 Å². The lowest BCUT2D eigenvalue weighted by molar-refractivity contribution is -0.148. The molecule has 1 unspecified atom stereocenters. The molecule has 0 spiro atoms. The number of urea groups is 1. The third-order valence-electron chi connectivity index (χ3n) is 4.32. The van der Waals surface area contributed by atoms with Crippen LogP contribution in [-0.2, 0) is 11.3 Å². The van der Waals surface area contributed by atoms with Gasteiger partial charge in [0.15, 0.2) is 5.60 Å². The Bertz CT molecular complexity index is 652. The number of ether oxygens (including phenoxy) is 1. The molecule has 1 aliphatic heterocycles. The maximum atomic E-state index is 12.4. The van der Waals surface area contributed by atoms with Crippen LogP contribution in [0.4, 0.5) is 4.79 Å². The van der Waals surface area contributed by atoms with Gasteiger partial charge in [0.25, 0.3) is 5.91 Å². The van der Waals surface area contributed by atoms with Gasteiger partial charge in [-0.2, -0.15) is 0 Å². The lowest BCUT2D eigenvalue weighted by atomic mass is 10.0. The molecule has 6 heteroatoms. The van der Waals surface area contributed by atoms with Crippen molar-refractivity contribution in [2.45, 2.75) is 58.8 Å². The maximum absolute atomic E-state index is 12.4. The van der Waals surface area contributed by atoms with E-state index >= 15 is 0 Å². The SMILES string of the molecule is CCC(C)(C)Oc1cc(C)ccc1CN1C(=O)NCC(C)(O)C1=O. The highest BCUT2D eigenvalue weighted by atomic mass is 16.5. The number of imide groups is 1. The van der Waals surface area contributed by atoms with Crippen molar-refractivity contribution in [3.8, 4) is 5.75 Å². The van der Waals surface area contributed by atoms with E-state index in [0.29, 0.717) is 5.75 Å². The van der Waals surface area contributed by atoms with Crippen LogP contribution in [0.5, 0.6) is 5.75 Å². The number of aliphatic hydroxyl groups is 1. The van der Waals surface area contributed by atoms with E-state index in [1.165, 1.54) is 6.92 Å². The molecule has 132 valence electrons. The number of nitrogens with zero attached hydrogens (tertiary/aromatic N) is 1. The zero-order chi connectivity index (χ0) is 18.1. The molecule has 1 aromatic rings. The molecular weight excluding hydrogens is 308 g/mol. The van der Waals surface area contributed by atoms with Gasteiger partial charge in [-0.1, -0.05) is 19.1 Å². The molecule has 0 radical (unpaired) electrons. The van der Waals surface area contributed by atoms with E-state index in [-0.39, 0.29) is 18.7 Å². The summed E-state index contributed by atoms with van der Waals surface area (Å²) in [6, 6.07) is 5.15. The molecule has 0 saturated carbocycles. The average Bonchev–Trinajstić information content (AvgIpc) is 2.50. The van der Waals surface area contributed by atoms with Gasteiger partial charge in [0.1, 0.15) is 11.4 Å². The van der Waals surface area contributed by atoms with Gasteiger partial charge in [0.2, 0.25) is 0 Å². The summed E-state index contributed by atoms with van der Waals surface area (Å²) >= 11 is 0.